The van der Waals surface area contributed by atoms with Crippen molar-refractivity contribution < 1.29 is 23.5 Å². The minimum Gasteiger partial charge on any atom is -0.497 e. The maximum absolute atomic E-state index is 13.6. The molecule has 6 nitrogen and oxygen atoms in total. The van der Waals surface area contributed by atoms with Gasteiger partial charge in [-0.15, -0.1) is 0 Å². The van der Waals surface area contributed by atoms with Gasteiger partial charge in [0, 0.05) is 24.7 Å². The molecule has 3 rings (SSSR count). The summed E-state index contributed by atoms with van der Waals surface area (Å²) in [5, 5.41) is 2.80. The van der Waals surface area contributed by atoms with Gasteiger partial charge < -0.3 is 19.7 Å². The van der Waals surface area contributed by atoms with Crippen molar-refractivity contribution in [1.82, 2.24) is 4.90 Å². The van der Waals surface area contributed by atoms with Crippen LogP contribution in [0.1, 0.15) is 24.8 Å². The second-order valence-corrected chi connectivity index (χ2v) is 6.45. The van der Waals surface area contributed by atoms with Crippen LogP contribution in [-0.2, 0) is 9.59 Å². The van der Waals surface area contributed by atoms with Crippen molar-refractivity contribution in [1.29, 1.82) is 0 Å². The smallest absolute Gasteiger partial charge is 0.232 e. The number of nitrogens with one attached hydrogen (secondary N) is 1. The Bertz CT molecular complexity index is 871. The number of anilines is 1. The maximum Gasteiger partial charge on any atom is 0.232 e. The van der Waals surface area contributed by atoms with Crippen molar-refractivity contribution in [3.63, 3.8) is 0 Å². The minimum absolute atomic E-state index is 0.0682. The van der Waals surface area contributed by atoms with Crippen molar-refractivity contribution >= 4 is 17.5 Å². The Kier molecular flexibility index (Phi) is 6.13. The monoisotopic (exact) mass is 386 g/mol. The molecule has 1 N–H and O–H groups in total. The molecule has 1 aliphatic heterocycles. The molecule has 1 aliphatic rings. The maximum atomic E-state index is 13.6. The van der Waals surface area contributed by atoms with Crippen molar-refractivity contribution in [3.05, 3.63) is 53.8 Å². The van der Waals surface area contributed by atoms with E-state index in [0.717, 1.165) is 5.56 Å². The highest BCUT2D eigenvalue weighted by Gasteiger charge is 2.33. The predicted molar refractivity (Wildman–Crippen MR) is 103 cm³/mol. The zero-order chi connectivity index (χ0) is 20.1. The summed E-state index contributed by atoms with van der Waals surface area (Å²) in [5.41, 5.74) is 1.46. The van der Waals surface area contributed by atoms with Crippen molar-refractivity contribution in [3.8, 4) is 11.5 Å². The second-order valence-electron chi connectivity index (χ2n) is 6.45. The molecule has 0 bridgehead atoms. The van der Waals surface area contributed by atoms with Crippen LogP contribution in [-0.4, -0.2) is 43.5 Å². The van der Waals surface area contributed by atoms with Gasteiger partial charge in [-0.25, -0.2) is 4.39 Å². The number of carbonyl (C=O) groups is 2. The summed E-state index contributed by atoms with van der Waals surface area (Å²) in [5.74, 6) is -0.518. The number of methoxy groups -OCH3 is 1. The lowest BCUT2D eigenvalue weighted by Gasteiger charge is -2.22. The summed E-state index contributed by atoms with van der Waals surface area (Å²) in [7, 11) is 1.56. The fourth-order valence-electron chi connectivity index (χ4n) is 3.23. The topological polar surface area (TPSA) is 67.9 Å². The van der Waals surface area contributed by atoms with E-state index in [0.29, 0.717) is 24.5 Å². The van der Waals surface area contributed by atoms with E-state index in [-0.39, 0.29) is 30.6 Å². The van der Waals surface area contributed by atoms with Gasteiger partial charge in [0.25, 0.3) is 0 Å². The molecular weight excluding hydrogens is 363 g/mol. The number of fused-ring (bicyclic) bond motifs is 1. The number of amides is 2. The van der Waals surface area contributed by atoms with E-state index in [9.17, 15) is 14.0 Å². The van der Waals surface area contributed by atoms with E-state index in [2.05, 4.69) is 5.32 Å². The van der Waals surface area contributed by atoms with Crippen LogP contribution in [0.2, 0.25) is 0 Å². The third-order valence-electron chi connectivity index (χ3n) is 4.78. The van der Waals surface area contributed by atoms with E-state index in [4.69, 9.17) is 9.47 Å². The summed E-state index contributed by atoms with van der Waals surface area (Å²) in [6.07, 6.45) is 0.0682. The van der Waals surface area contributed by atoms with Crippen LogP contribution in [0.3, 0.4) is 0 Å². The lowest BCUT2D eigenvalue weighted by molar-refractivity contribution is -0.133. The van der Waals surface area contributed by atoms with Crippen molar-refractivity contribution in [2.24, 2.45) is 0 Å². The Hall–Kier alpha value is -3.09. The molecule has 7 heteroatoms. The van der Waals surface area contributed by atoms with Crippen molar-refractivity contribution in [2.75, 3.05) is 32.1 Å². The number of para-hydroxylation sites is 1. The predicted octanol–water partition coefficient (Wildman–Crippen LogP) is 3.19. The van der Waals surface area contributed by atoms with Gasteiger partial charge in [0.2, 0.25) is 11.8 Å². The molecular formula is C21H23FN2O4. The summed E-state index contributed by atoms with van der Waals surface area (Å²) in [6, 6.07) is 11.5. The number of halogens is 1. The molecule has 0 aromatic heterocycles. The summed E-state index contributed by atoms with van der Waals surface area (Å²) >= 11 is 0. The molecule has 0 fully saturated rings. The summed E-state index contributed by atoms with van der Waals surface area (Å²) < 4.78 is 24.2. The lowest BCUT2D eigenvalue weighted by atomic mass is 9.96. The Balaban J connectivity index is 1.60. The number of likely N-dealkylation sites (N-methyl/N-ethyl adjacent to an activating group) is 1. The molecule has 28 heavy (non-hydrogen) atoms. The highest BCUT2D eigenvalue weighted by atomic mass is 19.1. The van der Waals surface area contributed by atoms with E-state index < -0.39 is 11.7 Å². The Labute approximate surface area is 163 Å². The standard InChI is InChI=1S/C21H23FN2O4/c1-3-24(10-11-28-19-7-5-4-6-17(19)22)20(25)13-16-15-9-8-14(27-2)12-18(15)23-21(16)26/h4-9,12,16H,3,10-11,13H2,1-2H3,(H,23,26)/t16-/m1/s1. The van der Waals surface area contributed by atoms with Crippen LogP contribution in [0.4, 0.5) is 10.1 Å². The molecule has 0 spiro atoms. The largest absolute Gasteiger partial charge is 0.497 e. The molecule has 2 aromatic rings. The van der Waals surface area contributed by atoms with Crippen LogP contribution in [0.25, 0.3) is 0 Å². The molecule has 1 heterocycles. The average Bonchev–Trinajstić information content (AvgIpc) is 3.00. The van der Waals surface area contributed by atoms with Gasteiger partial charge in [0.05, 0.1) is 19.6 Å². The first-order chi connectivity index (χ1) is 13.5. The molecule has 148 valence electrons. The highest BCUT2D eigenvalue weighted by Crippen LogP contribution is 2.37. The first-order valence-corrected chi connectivity index (χ1v) is 9.17. The second kappa shape index (κ2) is 8.73. The molecule has 0 radical (unpaired) electrons. The van der Waals surface area contributed by atoms with E-state index in [1.807, 2.05) is 13.0 Å². The number of hydrogen-bond donors (Lipinski definition) is 1. The number of ether oxygens (including phenoxy) is 2. The number of nitrogens with zero attached hydrogens (tertiary/aromatic N) is 1. The zero-order valence-corrected chi connectivity index (χ0v) is 15.9. The van der Waals surface area contributed by atoms with Crippen LogP contribution >= 0.6 is 0 Å². The fraction of sp³-hybridized carbons (Fsp3) is 0.333. The summed E-state index contributed by atoms with van der Waals surface area (Å²) in [6.45, 7) is 2.82. The Morgan fingerprint density at radius 1 is 1.25 bits per heavy atom. The zero-order valence-electron chi connectivity index (χ0n) is 15.9. The van der Waals surface area contributed by atoms with Gasteiger partial charge in [-0.05, 0) is 30.7 Å². The molecule has 0 saturated heterocycles. The summed E-state index contributed by atoms with van der Waals surface area (Å²) in [4.78, 5) is 26.6. The molecule has 0 saturated carbocycles. The number of benzene rings is 2. The Morgan fingerprint density at radius 2 is 2.04 bits per heavy atom. The van der Waals surface area contributed by atoms with E-state index in [1.165, 1.54) is 6.07 Å². The molecule has 0 aliphatic carbocycles. The molecule has 0 unspecified atom stereocenters. The van der Waals surface area contributed by atoms with Gasteiger partial charge in [-0.1, -0.05) is 18.2 Å². The first-order valence-electron chi connectivity index (χ1n) is 9.17. The first kappa shape index (κ1) is 19.7. The highest BCUT2D eigenvalue weighted by molar-refractivity contribution is 6.05. The number of hydrogen-bond acceptors (Lipinski definition) is 4. The van der Waals surface area contributed by atoms with Crippen LogP contribution in [0.15, 0.2) is 42.5 Å². The van der Waals surface area contributed by atoms with E-state index >= 15 is 0 Å². The quantitative estimate of drug-likeness (QED) is 0.757. The van der Waals surface area contributed by atoms with Crippen molar-refractivity contribution in [2.45, 2.75) is 19.3 Å². The Morgan fingerprint density at radius 3 is 2.75 bits per heavy atom. The lowest BCUT2D eigenvalue weighted by Crippen LogP contribution is -2.36. The van der Waals surface area contributed by atoms with Gasteiger partial charge in [0.1, 0.15) is 12.4 Å². The van der Waals surface area contributed by atoms with Gasteiger partial charge in [-0.2, -0.15) is 0 Å². The number of carbonyl (C=O) groups excluding carboxylic acids is 2. The van der Waals surface area contributed by atoms with Gasteiger partial charge in [0.15, 0.2) is 11.6 Å². The average molecular weight is 386 g/mol. The molecule has 1 atom stereocenters. The third kappa shape index (κ3) is 4.24. The van der Waals surface area contributed by atoms with Gasteiger partial charge >= 0.3 is 0 Å². The van der Waals surface area contributed by atoms with Crippen LogP contribution < -0.4 is 14.8 Å². The SMILES string of the molecule is CCN(CCOc1ccccc1F)C(=O)C[C@H]1C(=O)Nc2cc(OC)ccc21. The van der Waals surface area contributed by atoms with Crippen LogP contribution in [0, 0.1) is 5.82 Å². The van der Waals surface area contributed by atoms with E-state index in [1.54, 1.807) is 42.3 Å². The van der Waals surface area contributed by atoms with Gasteiger partial charge in [-0.3, -0.25) is 9.59 Å². The minimum atomic E-state index is -0.532. The fourth-order valence-corrected chi connectivity index (χ4v) is 3.23. The molecule has 2 amide bonds. The normalized spacial score (nSPS) is 15.0. The van der Waals surface area contributed by atoms with Crippen LogP contribution in [0.5, 0.6) is 11.5 Å². The number of rotatable bonds is 8. The molecule has 2 aromatic carbocycles. The third-order valence-corrected chi connectivity index (χ3v) is 4.78.